The fourth-order valence-corrected chi connectivity index (χ4v) is 2.77. The van der Waals surface area contributed by atoms with Crippen LogP contribution in [0.5, 0.6) is 0 Å². The van der Waals surface area contributed by atoms with E-state index in [9.17, 15) is 0 Å². The van der Waals surface area contributed by atoms with Crippen molar-refractivity contribution in [1.29, 1.82) is 0 Å². The summed E-state index contributed by atoms with van der Waals surface area (Å²) in [6.07, 6.45) is 7.20. The van der Waals surface area contributed by atoms with Crippen molar-refractivity contribution in [3.63, 3.8) is 0 Å². The zero-order chi connectivity index (χ0) is 15.6. The summed E-state index contributed by atoms with van der Waals surface area (Å²) in [6, 6.07) is 5.85. The third-order valence-electron chi connectivity index (χ3n) is 4.06. The average molecular weight is 314 g/mol. The normalized spacial score (nSPS) is 14.0. The van der Waals surface area contributed by atoms with E-state index in [1.54, 1.807) is 6.20 Å². The highest BCUT2D eigenvalue weighted by atomic mass is 32.2. The van der Waals surface area contributed by atoms with Gasteiger partial charge in [0, 0.05) is 28.7 Å². The van der Waals surface area contributed by atoms with E-state index in [4.69, 9.17) is 9.97 Å². The van der Waals surface area contributed by atoms with Gasteiger partial charge in [0.05, 0.1) is 0 Å². The van der Waals surface area contributed by atoms with E-state index in [1.807, 2.05) is 30.0 Å². The zero-order valence-corrected chi connectivity index (χ0v) is 14.2. The van der Waals surface area contributed by atoms with Gasteiger partial charge in [0.15, 0.2) is 5.82 Å². The van der Waals surface area contributed by atoms with E-state index in [-0.39, 0.29) is 4.75 Å². The first-order valence-electron chi connectivity index (χ1n) is 7.69. The lowest BCUT2D eigenvalue weighted by atomic mass is 10.2. The molecule has 0 amide bonds. The van der Waals surface area contributed by atoms with Crippen LogP contribution in [0.3, 0.4) is 0 Å². The average Bonchev–Trinajstić information content (AvgIpc) is 3.02. The number of hydrogen-bond donors (Lipinski definition) is 1. The van der Waals surface area contributed by atoms with Crippen LogP contribution in [0.2, 0.25) is 0 Å². The maximum atomic E-state index is 4.76. The van der Waals surface area contributed by atoms with E-state index < -0.39 is 0 Å². The Bertz CT molecular complexity index is 655. The van der Waals surface area contributed by atoms with Crippen LogP contribution in [0.4, 0.5) is 5.82 Å². The minimum atomic E-state index is 0.182. The van der Waals surface area contributed by atoms with Crippen molar-refractivity contribution in [2.24, 2.45) is 0 Å². The topological polar surface area (TPSA) is 50.7 Å². The minimum Gasteiger partial charge on any atom is -0.368 e. The Labute approximate surface area is 136 Å². The second-order valence-electron chi connectivity index (χ2n) is 6.21. The van der Waals surface area contributed by atoms with Crippen molar-refractivity contribution in [2.45, 2.75) is 37.9 Å². The van der Waals surface area contributed by atoms with E-state index in [0.29, 0.717) is 0 Å². The molecule has 1 aliphatic rings. The molecule has 1 N–H and O–H groups in total. The molecule has 0 fully saturated rings. The fraction of sp³-hybridized carbons (Fsp3) is 0.471. The molecule has 2 heterocycles. The molecule has 116 valence electrons. The Morgan fingerprint density at radius 2 is 2.09 bits per heavy atom. The maximum Gasteiger partial charge on any atom is 0.180 e. The van der Waals surface area contributed by atoms with E-state index in [2.05, 4.69) is 30.4 Å². The van der Waals surface area contributed by atoms with E-state index in [0.717, 1.165) is 43.1 Å². The number of pyridine rings is 1. The molecule has 5 heteroatoms. The Balaban J connectivity index is 1.93. The van der Waals surface area contributed by atoms with Crippen molar-refractivity contribution in [3.05, 3.63) is 35.7 Å². The summed E-state index contributed by atoms with van der Waals surface area (Å²) in [6.45, 7) is 5.37. The first-order chi connectivity index (χ1) is 10.6. The molecule has 0 unspecified atom stereocenters. The molecule has 2 aromatic rings. The Morgan fingerprint density at radius 1 is 1.23 bits per heavy atom. The van der Waals surface area contributed by atoms with Gasteiger partial charge in [-0.1, -0.05) is 6.07 Å². The summed E-state index contributed by atoms with van der Waals surface area (Å²) in [5.74, 6) is 1.72. The molecule has 0 saturated carbocycles. The third-order valence-corrected chi connectivity index (χ3v) is 5.31. The number of hydrogen-bond acceptors (Lipinski definition) is 5. The Kier molecular flexibility index (Phi) is 4.34. The van der Waals surface area contributed by atoms with Gasteiger partial charge in [-0.25, -0.2) is 9.97 Å². The van der Waals surface area contributed by atoms with Crippen LogP contribution in [0.15, 0.2) is 24.4 Å². The molecule has 0 spiro atoms. The molecule has 2 aromatic heterocycles. The Morgan fingerprint density at radius 3 is 2.82 bits per heavy atom. The lowest BCUT2D eigenvalue weighted by molar-refractivity contribution is 0.748. The predicted molar refractivity (Wildman–Crippen MR) is 93.4 cm³/mol. The highest BCUT2D eigenvalue weighted by Crippen LogP contribution is 2.30. The standard InChI is InChI=1S/C17H22N4S/c1-17(2,22-3)11-19-15-12-7-6-9-13(12)20-16(21-15)14-8-4-5-10-18-14/h4-5,8,10H,6-7,9,11H2,1-3H3,(H,19,20,21). The molecule has 22 heavy (non-hydrogen) atoms. The van der Waals surface area contributed by atoms with Gasteiger partial charge in [-0.3, -0.25) is 4.98 Å². The van der Waals surface area contributed by atoms with Gasteiger partial charge in [-0.05, 0) is 51.5 Å². The summed E-state index contributed by atoms with van der Waals surface area (Å²) in [5, 5.41) is 3.55. The molecule has 4 nitrogen and oxygen atoms in total. The van der Waals surface area contributed by atoms with Crippen LogP contribution in [-0.4, -0.2) is 32.5 Å². The molecule has 0 aromatic carbocycles. The summed E-state index contributed by atoms with van der Waals surface area (Å²) in [5.41, 5.74) is 3.31. The minimum absolute atomic E-state index is 0.182. The second-order valence-corrected chi connectivity index (χ2v) is 7.72. The maximum absolute atomic E-state index is 4.76. The van der Waals surface area contributed by atoms with Gasteiger partial charge in [0.2, 0.25) is 0 Å². The van der Waals surface area contributed by atoms with E-state index in [1.165, 1.54) is 11.3 Å². The van der Waals surface area contributed by atoms with Gasteiger partial charge >= 0.3 is 0 Å². The number of nitrogens with one attached hydrogen (secondary N) is 1. The summed E-state index contributed by atoms with van der Waals surface area (Å²) < 4.78 is 0.182. The van der Waals surface area contributed by atoms with Gasteiger partial charge in [-0.15, -0.1) is 0 Å². The van der Waals surface area contributed by atoms with Crippen molar-refractivity contribution in [1.82, 2.24) is 15.0 Å². The fourth-order valence-electron chi connectivity index (χ4n) is 2.56. The Hall–Kier alpha value is -1.62. The van der Waals surface area contributed by atoms with Crippen molar-refractivity contribution in [2.75, 3.05) is 18.1 Å². The summed E-state index contributed by atoms with van der Waals surface area (Å²) >= 11 is 1.86. The van der Waals surface area contributed by atoms with Crippen LogP contribution in [0, 0.1) is 0 Å². The predicted octanol–water partition coefficient (Wildman–Crippen LogP) is 3.58. The number of fused-ring (bicyclic) bond motifs is 1. The zero-order valence-electron chi connectivity index (χ0n) is 13.4. The van der Waals surface area contributed by atoms with Gasteiger partial charge in [0.25, 0.3) is 0 Å². The molecular weight excluding hydrogens is 292 g/mol. The van der Waals surface area contributed by atoms with Crippen LogP contribution in [0.1, 0.15) is 31.5 Å². The molecule has 1 aliphatic carbocycles. The third kappa shape index (κ3) is 3.24. The highest BCUT2D eigenvalue weighted by Gasteiger charge is 2.22. The summed E-state index contributed by atoms with van der Waals surface area (Å²) in [7, 11) is 0. The monoisotopic (exact) mass is 314 g/mol. The highest BCUT2D eigenvalue weighted by molar-refractivity contribution is 7.99. The molecule has 3 rings (SSSR count). The molecule has 0 saturated heterocycles. The second kappa shape index (κ2) is 6.24. The van der Waals surface area contributed by atoms with Crippen LogP contribution in [0.25, 0.3) is 11.5 Å². The van der Waals surface area contributed by atoms with Crippen molar-refractivity contribution in [3.8, 4) is 11.5 Å². The first-order valence-corrected chi connectivity index (χ1v) is 8.92. The molecule has 0 bridgehead atoms. The smallest absolute Gasteiger partial charge is 0.180 e. The number of aryl methyl sites for hydroxylation is 1. The van der Waals surface area contributed by atoms with Crippen molar-refractivity contribution < 1.29 is 0 Å². The van der Waals surface area contributed by atoms with Crippen LogP contribution in [-0.2, 0) is 12.8 Å². The van der Waals surface area contributed by atoms with Gasteiger partial charge in [-0.2, -0.15) is 11.8 Å². The summed E-state index contributed by atoms with van der Waals surface area (Å²) in [4.78, 5) is 13.9. The number of anilines is 1. The van der Waals surface area contributed by atoms with Gasteiger partial charge < -0.3 is 5.32 Å². The largest absolute Gasteiger partial charge is 0.368 e. The number of nitrogens with zero attached hydrogens (tertiary/aromatic N) is 3. The van der Waals surface area contributed by atoms with E-state index >= 15 is 0 Å². The van der Waals surface area contributed by atoms with Gasteiger partial charge in [0.1, 0.15) is 11.5 Å². The first kappa shape index (κ1) is 15.3. The quantitative estimate of drug-likeness (QED) is 0.914. The molecule has 0 radical (unpaired) electrons. The number of rotatable bonds is 5. The number of aromatic nitrogens is 3. The molecular formula is C17H22N4S. The van der Waals surface area contributed by atoms with Crippen molar-refractivity contribution >= 4 is 17.6 Å². The lowest BCUT2D eigenvalue weighted by Crippen LogP contribution is -2.26. The molecule has 0 aliphatic heterocycles. The SMILES string of the molecule is CSC(C)(C)CNc1nc(-c2ccccn2)nc2c1CCC2. The molecule has 0 atom stereocenters. The number of thioether (sulfide) groups is 1. The van der Waals surface area contributed by atoms with Crippen LogP contribution < -0.4 is 5.32 Å². The lowest BCUT2D eigenvalue weighted by Gasteiger charge is -2.23. The van der Waals surface area contributed by atoms with Crippen LogP contribution >= 0.6 is 11.8 Å².